The average molecular weight is 277 g/mol. The Kier molecular flexibility index (Phi) is 3.83. The van der Waals surface area contributed by atoms with E-state index in [0.29, 0.717) is 11.3 Å². The van der Waals surface area contributed by atoms with Gasteiger partial charge in [-0.05, 0) is 44.2 Å². The number of carboxylic acid groups (broad SMARTS) is 1. The van der Waals surface area contributed by atoms with Gasteiger partial charge in [-0.1, -0.05) is 19.3 Å². The number of carboxylic acids is 1. The molecule has 1 saturated carbocycles. The second kappa shape index (κ2) is 5.60. The van der Waals surface area contributed by atoms with Crippen molar-refractivity contribution in [2.75, 3.05) is 13.1 Å². The van der Waals surface area contributed by atoms with Gasteiger partial charge in [0.05, 0.1) is 6.54 Å². The molecule has 2 unspecified atom stereocenters. The molecule has 1 aliphatic carbocycles. The molecule has 2 fully saturated rings. The molecule has 0 amide bonds. The molecule has 0 radical (unpaired) electrons. The first kappa shape index (κ1) is 13.7. The number of aryl methyl sites for hydroxylation is 1. The highest BCUT2D eigenvalue weighted by Gasteiger charge is 2.31. The molecule has 4 nitrogen and oxygen atoms in total. The van der Waals surface area contributed by atoms with Gasteiger partial charge in [0.2, 0.25) is 0 Å². The maximum absolute atomic E-state index is 11.0. The number of likely N-dealkylation sites (tertiary alicyclic amines) is 1. The number of aromatic carboxylic acids is 1. The number of hydrogen-bond acceptors (Lipinski definition) is 3. The summed E-state index contributed by atoms with van der Waals surface area (Å²) in [4.78, 5) is 13.5. The monoisotopic (exact) mass is 277 g/mol. The standard InChI is InChI=1S/C16H23NO3/c1-11-15(16(18)19)8-14(20-11)10-17-7-6-12-4-2-3-5-13(12)9-17/h8,12-13H,2-7,9-10H2,1H3,(H,18,19). The van der Waals surface area contributed by atoms with Gasteiger partial charge in [0.15, 0.2) is 0 Å². The largest absolute Gasteiger partial charge is 0.478 e. The second-order valence-electron chi connectivity index (χ2n) is 6.32. The summed E-state index contributed by atoms with van der Waals surface area (Å²) >= 11 is 0. The van der Waals surface area contributed by atoms with Crippen molar-refractivity contribution < 1.29 is 14.3 Å². The Morgan fingerprint density at radius 3 is 2.80 bits per heavy atom. The summed E-state index contributed by atoms with van der Waals surface area (Å²) in [6.07, 6.45) is 6.83. The van der Waals surface area contributed by atoms with Crippen LogP contribution in [0.25, 0.3) is 0 Å². The Morgan fingerprint density at radius 1 is 1.35 bits per heavy atom. The molecule has 2 atom stereocenters. The van der Waals surface area contributed by atoms with Crippen LogP contribution in [0.4, 0.5) is 0 Å². The van der Waals surface area contributed by atoms with Crippen molar-refractivity contribution in [1.82, 2.24) is 4.90 Å². The Morgan fingerprint density at radius 2 is 2.10 bits per heavy atom. The van der Waals surface area contributed by atoms with Crippen LogP contribution < -0.4 is 0 Å². The van der Waals surface area contributed by atoms with E-state index in [2.05, 4.69) is 4.90 Å². The topological polar surface area (TPSA) is 53.7 Å². The van der Waals surface area contributed by atoms with Crippen molar-refractivity contribution >= 4 is 5.97 Å². The highest BCUT2D eigenvalue weighted by Crippen LogP contribution is 2.36. The van der Waals surface area contributed by atoms with E-state index in [1.165, 1.54) is 32.1 Å². The molecule has 110 valence electrons. The summed E-state index contributed by atoms with van der Waals surface area (Å²) in [6.45, 7) is 4.73. The number of fused-ring (bicyclic) bond motifs is 1. The van der Waals surface area contributed by atoms with Gasteiger partial charge < -0.3 is 9.52 Å². The van der Waals surface area contributed by atoms with Crippen LogP contribution in [-0.2, 0) is 6.54 Å². The average Bonchev–Trinajstić information content (AvgIpc) is 2.79. The summed E-state index contributed by atoms with van der Waals surface area (Å²) in [6, 6.07) is 1.69. The molecule has 0 spiro atoms. The lowest BCUT2D eigenvalue weighted by Gasteiger charge is -2.41. The van der Waals surface area contributed by atoms with Crippen molar-refractivity contribution in [3.63, 3.8) is 0 Å². The molecule has 1 aromatic rings. The minimum absolute atomic E-state index is 0.299. The number of rotatable bonds is 3. The molecule has 0 bridgehead atoms. The first-order chi connectivity index (χ1) is 9.63. The fourth-order valence-corrected chi connectivity index (χ4v) is 3.87. The van der Waals surface area contributed by atoms with Crippen molar-refractivity contribution in [1.29, 1.82) is 0 Å². The Bertz CT molecular complexity index is 494. The van der Waals surface area contributed by atoms with Gasteiger partial charge >= 0.3 is 5.97 Å². The van der Waals surface area contributed by atoms with E-state index in [0.717, 1.165) is 37.2 Å². The molecule has 4 heteroatoms. The fourth-order valence-electron chi connectivity index (χ4n) is 3.87. The molecule has 1 saturated heterocycles. The normalized spacial score (nSPS) is 27.2. The van der Waals surface area contributed by atoms with Crippen LogP contribution in [0.5, 0.6) is 0 Å². The molecule has 3 rings (SSSR count). The lowest BCUT2D eigenvalue weighted by atomic mass is 9.75. The van der Waals surface area contributed by atoms with E-state index in [-0.39, 0.29) is 0 Å². The van der Waals surface area contributed by atoms with E-state index in [1.54, 1.807) is 13.0 Å². The predicted molar refractivity (Wildman–Crippen MR) is 75.7 cm³/mol. The zero-order valence-corrected chi connectivity index (χ0v) is 12.1. The van der Waals surface area contributed by atoms with Gasteiger partial charge in [0.25, 0.3) is 0 Å². The van der Waals surface area contributed by atoms with Gasteiger partial charge in [0, 0.05) is 6.54 Å². The van der Waals surface area contributed by atoms with Gasteiger partial charge in [-0.15, -0.1) is 0 Å². The van der Waals surface area contributed by atoms with Gasteiger partial charge in [0.1, 0.15) is 17.1 Å². The lowest BCUT2D eigenvalue weighted by molar-refractivity contribution is 0.0695. The molecule has 1 aromatic heterocycles. The van der Waals surface area contributed by atoms with Crippen LogP contribution in [0.1, 0.15) is 54.0 Å². The van der Waals surface area contributed by atoms with Crippen molar-refractivity contribution in [3.8, 4) is 0 Å². The third kappa shape index (κ3) is 2.75. The van der Waals surface area contributed by atoms with Gasteiger partial charge in [-0.25, -0.2) is 4.79 Å². The smallest absolute Gasteiger partial charge is 0.339 e. The summed E-state index contributed by atoms with van der Waals surface area (Å²) < 4.78 is 5.59. The van der Waals surface area contributed by atoms with E-state index in [1.807, 2.05) is 0 Å². The van der Waals surface area contributed by atoms with E-state index in [9.17, 15) is 4.79 Å². The van der Waals surface area contributed by atoms with Crippen LogP contribution in [0.2, 0.25) is 0 Å². The first-order valence-corrected chi connectivity index (χ1v) is 7.68. The van der Waals surface area contributed by atoms with E-state index < -0.39 is 5.97 Å². The lowest BCUT2D eigenvalue weighted by Crippen LogP contribution is -2.41. The zero-order valence-electron chi connectivity index (χ0n) is 12.1. The van der Waals surface area contributed by atoms with E-state index >= 15 is 0 Å². The fraction of sp³-hybridized carbons (Fsp3) is 0.688. The summed E-state index contributed by atoms with van der Waals surface area (Å²) in [5.41, 5.74) is 0.299. The molecular formula is C16H23NO3. The number of nitrogens with zero attached hydrogens (tertiary/aromatic N) is 1. The Hall–Kier alpha value is -1.29. The summed E-state index contributed by atoms with van der Waals surface area (Å²) in [7, 11) is 0. The van der Waals surface area contributed by atoms with Crippen molar-refractivity contribution in [2.24, 2.45) is 11.8 Å². The number of carbonyl (C=O) groups is 1. The van der Waals surface area contributed by atoms with Crippen LogP contribution in [0.15, 0.2) is 10.5 Å². The van der Waals surface area contributed by atoms with Gasteiger partial charge in [-0.3, -0.25) is 4.90 Å². The minimum Gasteiger partial charge on any atom is -0.478 e. The zero-order chi connectivity index (χ0) is 14.1. The van der Waals surface area contributed by atoms with Crippen molar-refractivity contribution in [3.05, 3.63) is 23.2 Å². The molecule has 2 heterocycles. The third-order valence-corrected chi connectivity index (χ3v) is 4.95. The number of furan rings is 1. The minimum atomic E-state index is -0.900. The summed E-state index contributed by atoms with van der Waals surface area (Å²) in [5.74, 6) is 2.16. The van der Waals surface area contributed by atoms with Crippen LogP contribution in [0, 0.1) is 18.8 Å². The quantitative estimate of drug-likeness (QED) is 0.921. The Labute approximate surface area is 119 Å². The molecule has 1 N–H and O–H groups in total. The SMILES string of the molecule is Cc1oc(CN2CCC3CCCCC3C2)cc1C(=O)O. The maximum Gasteiger partial charge on any atom is 0.339 e. The molecule has 2 aliphatic rings. The van der Waals surface area contributed by atoms with Crippen LogP contribution in [-0.4, -0.2) is 29.1 Å². The third-order valence-electron chi connectivity index (χ3n) is 4.95. The second-order valence-corrected chi connectivity index (χ2v) is 6.32. The highest BCUT2D eigenvalue weighted by molar-refractivity contribution is 5.88. The van der Waals surface area contributed by atoms with Crippen LogP contribution >= 0.6 is 0 Å². The first-order valence-electron chi connectivity index (χ1n) is 7.68. The highest BCUT2D eigenvalue weighted by atomic mass is 16.4. The number of piperidine rings is 1. The van der Waals surface area contributed by atoms with Gasteiger partial charge in [-0.2, -0.15) is 0 Å². The Balaban J connectivity index is 1.63. The molecule has 1 aliphatic heterocycles. The molecule has 0 aromatic carbocycles. The molecule has 20 heavy (non-hydrogen) atoms. The van der Waals surface area contributed by atoms with Crippen LogP contribution in [0.3, 0.4) is 0 Å². The molecular weight excluding hydrogens is 254 g/mol. The maximum atomic E-state index is 11.0. The number of hydrogen-bond donors (Lipinski definition) is 1. The van der Waals surface area contributed by atoms with E-state index in [4.69, 9.17) is 9.52 Å². The predicted octanol–water partition coefficient (Wildman–Crippen LogP) is 3.30. The van der Waals surface area contributed by atoms with Crippen molar-refractivity contribution in [2.45, 2.75) is 45.6 Å². The summed E-state index contributed by atoms with van der Waals surface area (Å²) in [5, 5.41) is 9.07.